The lowest BCUT2D eigenvalue weighted by Gasteiger charge is -2.18. The van der Waals surface area contributed by atoms with Gasteiger partial charge in [-0.05, 0) is 72.3 Å². The molecular formula is C42H26O. The van der Waals surface area contributed by atoms with Gasteiger partial charge in [0, 0.05) is 16.3 Å². The molecule has 9 aromatic rings. The van der Waals surface area contributed by atoms with E-state index >= 15 is 0 Å². The summed E-state index contributed by atoms with van der Waals surface area (Å²) in [6.45, 7) is 0. The van der Waals surface area contributed by atoms with E-state index in [0.29, 0.717) is 22.3 Å². The Labute approximate surface area is 260 Å². The summed E-state index contributed by atoms with van der Waals surface area (Å²) in [6, 6.07) is 32.1. The van der Waals surface area contributed by atoms with Crippen LogP contribution in [0, 0.1) is 0 Å². The van der Waals surface area contributed by atoms with Crippen LogP contribution in [0.3, 0.4) is 0 Å². The van der Waals surface area contributed by atoms with Crippen LogP contribution in [0.25, 0.3) is 87.6 Å². The molecule has 0 aliphatic heterocycles. The minimum absolute atomic E-state index is 0.191. The smallest absolute Gasteiger partial charge is 0.143 e. The van der Waals surface area contributed by atoms with E-state index in [9.17, 15) is 0 Å². The van der Waals surface area contributed by atoms with Gasteiger partial charge < -0.3 is 4.42 Å². The van der Waals surface area contributed by atoms with E-state index in [1.165, 1.54) is 0 Å². The Morgan fingerprint density at radius 3 is 1.58 bits per heavy atom. The quantitative estimate of drug-likeness (QED) is 0.198. The summed E-state index contributed by atoms with van der Waals surface area (Å²) in [5, 5.41) is 4.99. The van der Waals surface area contributed by atoms with Crippen LogP contribution < -0.4 is 0 Å². The van der Waals surface area contributed by atoms with Gasteiger partial charge in [0.25, 0.3) is 0 Å². The van der Waals surface area contributed by atoms with Crippen LogP contribution in [0.15, 0.2) is 162 Å². The van der Waals surface area contributed by atoms with E-state index in [1.54, 1.807) is 24.3 Å². The van der Waals surface area contributed by atoms with Crippen LogP contribution in [0.1, 0.15) is 11.0 Å². The highest BCUT2D eigenvalue weighted by molar-refractivity contribution is 6.21. The van der Waals surface area contributed by atoms with Crippen LogP contribution >= 0.6 is 0 Å². The van der Waals surface area contributed by atoms with E-state index in [0.717, 1.165) is 43.8 Å². The van der Waals surface area contributed by atoms with E-state index in [1.807, 2.05) is 60.7 Å². The predicted molar refractivity (Wildman–Crippen MR) is 183 cm³/mol. The molecule has 9 rings (SSSR count). The number of fused-ring (bicyclic) bond motifs is 6. The number of para-hydroxylation sites is 1. The number of rotatable bonds is 3. The Morgan fingerprint density at radius 1 is 0.419 bits per heavy atom. The van der Waals surface area contributed by atoms with Crippen molar-refractivity contribution in [2.75, 3.05) is 0 Å². The van der Waals surface area contributed by atoms with Crippen molar-refractivity contribution in [1.82, 2.24) is 0 Å². The minimum atomic E-state index is -0.422. The molecule has 0 aliphatic carbocycles. The molecule has 1 heterocycles. The number of hydrogen-bond acceptors (Lipinski definition) is 1. The second-order valence-corrected chi connectivity index (χ2v) is 10.7. The topological polar surface area (TPSA) is 13.1 Å². The molecular weight excluding hydrogens is 520 g/mol. The molecule has 0 N–H and O–H groups in total. The Kier molecular flexibility index (Phi) is 3.80. The van der Waals surface area contributed by atoms with Crippen molar-refractivity contribution in [3.05, 3.63) is 158 Å². The lowest BCUT2D eigenvalue weighted by Crippen LogP contribution is -1.90. The van der Waals surface area contributed by atoms with Crippen molar-refractivity contribution in [3.63, 3.8) is 0 Å². The summed E-state index contributed by atoms with van der Waals surface area (Å²) >= 11 is 0. The summed E-state index contributed by atoms with van der Waals surface area (Å²) in [7, 11) is 0. The third-order valence-corrected chi connectivity index (χ3v) is 8.29. The standard InChI is InChI=1S/C42H26O/c1-2-11-28(12-3-1)40-33-15-6-8-17-35(33)41(36-18-9-7-16-34(36)40)29-23-21-27(22-24-29)32-19-10-20-37-38-25-30-13-4-5-14-31(30)26-39(38)43-42(32)37/h1-26H/i6D,7D,8D,9D,15D,16D,17D,18D. The van der Waals surface area contributed by atoms with Gasteiger partial charge >= 0.3 is 0 Å². The Morgan fingerprint density at radius 2 is 0.953 bits per heavy atom. The Hall–Kier alpha value is -5.66. The molecule has 0 amide bonds. The first-order chi connectivity index (χ1) is 24.7. The monoisotopic (exact) mass is 554 g/mol. The first-order valence-electron chi connectivity index (χ1n) is 18.1. The summed E-state index contributed by atoms with van der Waals surface area (Å²) in [5.74, 6) is 0. The molecule has 0 saturated carbocycles. The van der Waals surface area contributed by atoms with Crippen LogP contribution in [-0.2, 0) is 0 Å². The lowest BCUT2D eigenvalue weighted by atomic mass is 9.85. The molecule has 0 atom stereocenters. The average molecular weight is 555 g/mol. The number of hydrogen-bond donors (Lipinski definition) is 0. The van der Waals surface area contributed by atoms with Gasteiger partial charge in [0.1, 0.15) is 11.2 Å². The summed E-state index contributed by atoms with van der Waals surface area (Å²) in [6.07, 6.45) is 0. The van der Waals surface area contributed by atoms with Crippen LogP contribution in [0.5, 0.6) is 0 Å². The van der Waals surface area contributed by atoms with Gasteiger partial charge in [-0.15, -0.1) is 0 Å². The van der Waals surface area contributed by atoms with E-state index in [2.05, 4.69) is 24.3 Å². The van der Waals surface area contributed by atoms with Gasteiger partial charge in [-0.2, -0.15) is 0 Å². The molecule has 0 fully saturated rings. The maximum absolute atomic E-state index is 9.15. The van der Waals surface area contributed by atoms with Crippen LogP contribution in [0.4, 0.5) is 0 Å². The van der Waals surface area contributed by atoms with Gasteiger partial charge in [-0.1, -0.05) is 145 Å². The van der Waals surface area contributed by atoms with Crippen molar-refractivity contribution < 1.29 is 15.4 Å². The zero-order chi connectivity index (χ0) is 35.3. The first-order valence-corrected chi connectivity index (χ1v) is 14.1. The molecule has 0 spiro atoms. The fraction of sp³-hybridized carbons (Fsp3) is 0. The fourth-order valence-corrected chi connectivity index (χ4v) is 6.33. The van der Waals surface area contributed by atoms with Gasteiger partial charge in [0.15, 0.2) is 0 Å². The van der Waals surface area contributed by atoms with Crippen LogP contribution in [0.2, 0.25) is 0 Å². The maximum atomic E-state index is 9.15. The largest absolute Gasteiger partial charge is 0.455 e. The summed E-state index contributed by atoms with van der Waals surface area (Å²) < 4.78 is 77.4. The molecule has 0 radical (unpaired) electrons. The van der Waals surface area contributed by atoms with E-state index in [-0.39, 0.29) is 45.7 Å². The highest BCUT2D eigenvalue weighted by Gasteiger charge is 2.17. The van der Waals surface area contributed by atoms with Gasteiger partial charge in [0.2, 0.25) is 0 Å². The second-order valence-electron chi connectivity index (χ2n) is 10.7. The molecule has 0 bridgehead atoms. The summed E-state index contributed by atoms with van der Waals surface area (Å²) in [4.78, 5) is 0. The molecule has 1 heteroatoms. The molecule has 0 saturated heterocycles. The molecule has 1 nitrogen and oxygen atoms in total. The first kappa shape index (κ1) is 17.3. The third-order valence-electron chi connectivity index (χ3n) is 8.29. The highest BCUT2D eigenvalue weighted by atomic mass is 16.3. The Bertz CT molecular complexity index is 2850. The van der Waals surface area contributed by atoms with Crippen molar-refractivity contribution in [1.29, 1.82) is 0 Å². The van der Waals surface area contributed by atoms with Crippen LogP contribution in [-0.4, -0.2) is 0 Å². The molecule has 1 aromatic heterocycles. The highest BCUT2D eigenvalue weighted by Crippen LogP contribution is 2.44. The SMILES string of the molecule is [2H]c1c([2H])c([2H])c2c(-c3ccc(-c4cccc5c4oc4cc6ccccc6cc45)cc3)c3c([2H])c([2H])c([2H])c([2H])c3c(-c3ccccc3)c2c1[2H]. The lowest BCUT2D eigenvalue weighted by molar-refractivity contribution is 0.670. The minimum Gasteiger partial charge on any atom is -0.455 e. The molecule has 0 unspecified atom stereocenters. The normalized spacial score (nSPS) is 14.3. The zero-order valence-corrected chi connectivity index (χ0v) is 22.8. The van der Waals surface area contributed by atoms with Crippen molar-refractivity contribution in [2.45, 2.75) is 0 Å². The third kappa shape index (κ3) is 3.72. The Balaban J connectivity index is 1.35. The van der Waals surface area contributed by atoms with Crippen molar-refractivity contribution in [2.24, 2.45) is 0 Å². The average Bonchev–Trinajstić information content (AvgIpc) is 3.53. The van der Waals surface area contributed by atoms with Crippen molar-refractivity contribution in [3.8, 4) is 33.4 Å². The molecule has 200 valence electrons. The van der Waals surface area contributed by atoms with E-state index < -0.39 is 24.2 Å². The summed E-state index contributed by atoms with van der Waals surface area (Å²) in [5.41, 5.74) is 5.03. The number of benzene rings is 8. The van der Waals surface area contributed by atoms with E-state index in [4.69, 9.17) is 15.4 Å². The van der Waals surface area contributed by atoms with Gasteiger partial charge in [0.05, 0.1) is 11.0 Å². The number of furan rings is 1. The van der Waals surface area contributed by atoms with Gasteiger partial charge in [-0.3, -0.25) is 0 Å². The maximum Gasteiger partial charge on any atom is 0.143 e. The zero-order valence-electron chi connectivity index (χ0n) is 30.8. The van der Waals surface area contributed by atoms with Gasteiger partial charge in [-0.25, -0.2) is 0 Å². The predicted octanol–water partition coefficient (Wildman–Crippen LogP) is 12.0. The molecule has 0 aliphatic rings. The molecule has 8 aromatic carbocycles. The molecule has 43 heavy (non-hydrogen) atoms. The fourth-order valence-electron chi connectivity index (χ4n) is 6.33. The second kappa shape index (κ2) is 9.44. The van der Waals surface area contributed by atoms with Crippen molar-refractivity contribution >= 4 is 54.3 Å².